The van der Waals surface area contributed by atoms with E-state index in [9.17, 15) is 0 Å². The molecule has 0 aliphatic heterocycles. The SMILES string of the molecule is CON(C)CCOCCOCCOCCOCCOCCOCc1ccccc1. The van der Waals surface area contributed by atoms with Crippen LogP contribution in [0.5, 0.6) is 0 Å². The molecule has 8 nitrogen and oxygen atoms in total. The van der Waals surface area contributed by atoms with Crippen molar-refractivity contribution >= 4 is 0 Å². The van der Waals surface area contributed by atoms with E-state index >= 15 is 0 Å². The van der Waals surface area contributed by atoms with Gasteiger partial charge in [-0.3, -0.25) is 0 Å². The standard InChI is InChI=1S/C21H37NO7/c1-22(23-2)8-9-24-10-11-25-12-13-26-14-15-27-16-17-28-18-19-29-20-21-6-4-3-5-7-21/h3-7H,8-20H2,1-2H3. The maximum atomic E-state index is 5.54. The van der Waals surface area contributed by atoms with Gasteiger partial charge in [-0.25, -0.2) is 0 Å². The number of likely N-dealkylation sites (N-methyl/N-ethyl adjacent to an activating group) is 1. The first-order valence-electron chi connectivity index (χ1n) is 10.1. The number of ether oxygens (including phenoxy) is 6. The lowest BCUT2D eigenvalue weighted by atomic mass is 10.2. The highest BCUT2D eigenvalue weighted by molar-refractivity contribution is 5.13. The van der Waals surface area contributed by atoms with E-state index in [1.165, 1.54) is 5.56 Å². The van der Waals surface area contributed by atoms with Gasteiger partial charge in [0.25, 0.3) is 0 Å². The number of benzene rings is 1. The maximum absolute atomic E-state index is 5.54. The van der Waals surface area contributed by atoms with E-state index in [1.807, 2.05) is 37.4 Å². The Kier molecular flexibility index (Phi) is 18.1. The number of hydrogen-bond acceptors (Lipinski definition) is 8. The van der Waals surface area contributed by atoms with Gasteiger partial charge in [0.15, 0.2) is 0 Å². The van der Waals surface area contributed by atoms with Crippen LogP contribution in [0, 0.1) is 0 Å². The van der Waals surface area contributed by atoms with E-state index in [2.05, 4.69) is 0 Å². The molecular weight excluding hydrogens is 378 g/mol. The van der Waals surface area contributed by atoms with Gasteiger partial charge in [-0.15, -0.1) is 0 Å². The topological polar surface area (TPSA) is 67.9 Å². The molecule has 168 valence electrons. The smallest absolute Gasteiger partial charge is 0.0718 e. The summed E-state index contributed by atoms with van der Waals surface area (Å²) in [5, 5.41) is 1.71. The number of hydrogen-bond donors (Lipinski definition) is 0. The van der Waals surface area contributed by atoms with Gasteiger partial charge in [0.1, 0.15) is 0 Å². The molecule has 0 saturated heterocycles. The summed E-state index contributed by atoms with van der Waals surface area (Å²) in [7, 11) is 3.49. The van der Waals surface area contributed by atoms with Crippen LogP contribution < -0.4 is 0 Å². The molecule has 0 heterocycles. The van der Waals surface area contributed by atoms with Gasteiger partial charge in [0.05, 0.1) is 86.4 Å². The lowest BCUT2D eigenvalue weighted by Gasteiger charge is -2.13. The summed E-state index contributed by atoms with van der Waals surface area (Å²) >= 11 is 0. The summed E-state index contributed by atoms with van der Waals surface area (Å²) < 4.78 is 32.7. The van der Waals surface area contributed by atoms with Crippen molar-refractivity contribution in [2.45, 2.75) is 6.61 Å². The quantitative estimate of drug-likeness (QED) is 0.222. The lowest BCUT2D eigenvalue weighted by Crippen LogP contribution is -2.22. The average molecular weight is 416 g/mol. The Labute approximate surface area is 174 Å². The predicted molar refractivity (Wildman–Crippen MR) is 110 cm³/mol. The molecular formula is C21H37NO7. The van der Waals surface area contributed by atoms with E-state index in [4.69, 9.17) is 33.3 Å². The minimum Gasteiger partial charge on any atom is -0.378 e. The molecule has 0 spiro atoms. The second-order valence-electron chi connectivity index (χ2n) is 6.13. The molecule has 1 aromatic carbocycles. The molecule has 0 aromatic heterocycles. The van der Waals surface area contributed by atoms with Gasteiger partial charge in [0.2, 0.25) is 0 Å². The second kappa shape index (κ2) is 20.2. The normalized spacial score (nSPS) is 11.4. The van der Waals surface area contributed by atoms with Gasteiger partial charge < -0.3 is 33.3 Å². The van der Waals surface area contributed by atoms with Crippen molar-refractivity contribution in [3.8, 4) is 0 Å². The number of hydroxylamine groups is 2. The van der Waals surface area contributed by atoms with E-state index in [-0.39, 0.29) is 0 Å². The largest absolute Gasteiger partial charge is 0.378 e. The molecule has 29 heavy (non-hydrogen) atoms. The third-order valence-corrected chi connectivity index (χ3v) is 3.83. The van der Waals surface area contributed by atoms with Gasteiger partial charge in [0, 0.05) is 13.6 Å². The van der Waals surface area contributed by atoms with Crippen LogP contribution in [-0.4, -0.2) is 98.4 Å². The number of nitrogens with zero attached hydrogens (tertiary/aromatic N) is 1. The molecule has 0 fully saturated rings. The highest BCUT2D eigenvalue weighted by atomic mass is 16.7. The summed E-state index contributed by atoms with van der Waals surface area (Å²) in [6.45, 7) is 7.52. The van der Waals surface area contributed by atoms with Crippen molar-refractivity contribution in [3.05, 3.63) is 35.9 Å². The van der Waals surface area contributed by atoms with E-state index < -0.39 is 0 Å². The highest BCUT2D eigenvalue weighted by Gasteiger charge is 1.96. The van der Waals surface area contributed by atoms with Crippen molar-refractivity contribution in [1.82, 2.24) is 5.06 Å². The fraction of sp³-hybridized carbons (Fsp3) is 0.714. The van der Waals surface area contributed by atoms with Crippen LogP contribution in [0.2, 0.25) is 0 Å². The molecule has 0 unspecified atom stereocenters. The molecule has 0 amide bonds. The number of rotatable bonds is 21. The Hall–Kier alpha value is -1.10. The molecule has 0 radical (unpaired) electrons. The van der Waals surface area contributed by atoms with Crippen molar-refractivity contribution in [2.24, 2.45) is 0 Å². The zero-order chi connectivity index (χ0) is 20.8. The van der Waals surface area contributed by atoms with E-state index in [0.717, 1.165) is 6.54 Å². The fourth-order valence-electron chi connectivity index (χ4n) is 2.15. The van der Waals surface area contributed by atoms with Gasteiger partial charge in [-0.2, -0.15) is 5.06 Å². The molecule has 0 atom stereocenters. The predicted octanol–water partition coefficient (Wildman–Crippen LogP) is 1.78. The maximum Gasteiger partial charge on any atom is 0.0718 e. The Morgan fingerprint density at radius 1 is 0.586 bits per heavy atom. The van der Waals surface area contributed by atoms with Crippen molar-refractivity contribution < 1.29 is 33.3 Å². The van der Waals surface area contributed by atoms with Crippen LogP contribution in [0.3, 0.4) is 0 Å². The van der Waals surface area contributed by atoms with E-state index in [0.29, 0.717) is 79.3 Å². The van der Waals surface area contributed by atoms with Crippen LogP contribution in [0.1, 0.15) is 5.56 Å². The highest BCUT2D eigenvalue weighted by Crippen LogP contribution is 1.99. The van der Waals surface area contributed by atoms with Crippen molar-refractivity contribution in [3.63, 3.8) is 0 Å². The Bertz CT molecular complexity index is 450. The zero-order valence-electron chi connectivity index (χ0n) is 17.9. The van der Waals surface area contributed by atoms with Crippen LogP contribution in [0.4, 0.5) is 0 Å². The molecule has 0 aliphatic rings. The monoisotopic (exact) mass is 415 g/mol. The summed E-state index contributed by atoms with van der Waals surface area (Å²) in [6.07, 6.45) is 0. The third kappa shape index (κ3) is 17.5. The third-order valence-electron chi connectivity index (χ3n) is 3.83. The van der Waals surface area contributed by atoms with Gasteiger partial charge in [-0.1, -0.05) is 30.3 Å². The molecule has 1 aromatic rings. The minimum atomic E-state index is 0.545. The summed E-state index contributed by atoms with van der Waals surface area (Å²) in [6, 6.07) is 10.1. The zero-order valence-corrected chi connectivity index (χ0v) is 17.9. The van der Waals surface area contributed by atoms with Gasteiger partial charge >= 0.3 is 0 Å². The van der Waals surface area contributed by atoms with Crippen molar-refractivity contribution in [2.75, 3.05) is 93.4 Å². The molecule has 0 aliphatic carbocycles. The van der Waals surface area contributed by atoms with Crippen LogP contribution >= 0.6 is 0 Å². The molecule has 0 N–H and O–H groups in total. The second-order valence-corrected chi connectivity index (χ2v) is 6.13. The molecule has 1 rings (SSSR count). The van der Waals surface area contributed by atoms with Gasteiger partial charge in [-0.05, 0) is 5.56 Å². The fourth-order valence-corrected chi connectivity index (χ4v) is 2.15. The Balaban J connectivity index is 1.68. The lowest BCUT2D eigenvalue weighted by molar-refractivity contribution is -0.121. The average Bonchev–Trinajstić information content (AvgIpc) is 2.75. The first-order chi connectivity index (χ1) is 14.3. The minimum absolute atomic E-state index is 0.545. The van der Waals surface area contributed by atoms with E-state index in [1.54, 1.807) is 12.2 Å². The van der Waals surface area contributed by atoms with Crippen molar-refractivity contribution in [1.29, 1.82) is 0 Å². The Morgan fingerprint density at radius 2 is 1.00 bits per heavy atom. The van der Waals surface area contributed by atoms with Crippen LogP contribution in [-0.2, 0) is 39.9 Å². The summed E-state index contributed by atoms with van der Waals surface area (Å²) in [4.78, 5) is 4.98. The summed E-state index contributed by atoms with van der Waals surface area (Å²) in [5.41, 5.74) is 1.17. The Morgan fingerprint density at radius 3 is 1.45 bits per heavy atom. The molecule has 8 heteroatoms. The van der Waals surface area contributed by atoms with Crippen LogP contribution in [0.25, 0.3) is 0 Å². The first kappa shape index (κ1) is 25.9. The van der Waals surface area contributed by atoms with Crippen LogP contribution in [0.15, 0.2) is 30.3 Å². The summed E-state index contributed by atoms with van der Waals surface area (Å²) in [5.74, 6) is 0. The molecule has 0 saturated carbocycles. The molecule has 0 bridgehead atoms. The first-order valence-corrected chi connectivity index (χ1v) is 10.1.